The Bertz CT molecular complexity index is 373. The average molecular weight is 300 g/mol. The summed E-state index contributed by atoms with van der Waals surface area (Å²) in [5.41, 5.74) is 3.39. The minimum absolute atomic E-state index is 0.0991. The van der Waals surface area contributed by atoms with E-state index in [-0.39, 0.29) is 11.5 Å². The number of rotatable bonds is 3. The SMILES string of the molecule is Cc1cc(C)c(NCC(O)C(C)(C)C)c(Br)c1. The highest BCUT2D eigenvalue weighted by Gasteiger charge is 2.22. The van der Waals surface area contributed by atoms with Crippen LogP contribution in [0.25, 0.3) is 0 Å². The Balaban J connectivity index is 2.77. The molecule has 0 aliphatic rings. The van der Waals surface area contributed by atoms with Crippen molar-refractivity contribution in [1.82, 2.24) is 0 Å². The van der Waals surface area contributed by atoms with Crippen LogP contribution in [0, 0.1) is 19.3 Å². The topological polar surface area (TPSA) is 32.3 Å². The van der Waals surface area contributed by atoms with Crippen molar-refractivity contribution in [2.75, 3.05) is 11.9 Å². The highest BCUT2D eigenvalue weighted by molar-refractivity contribution is 9.10. The maximum Gasteiger partial charge on any atom is 0.0760 e. The summed E-state index contributed by atoms with van der Waals surface area (Å²) in [6.07, 6.45) is -0.366. The molecule has 0 aromatic heterocycles. The molecule has 1 atom stereocenters. The van der Waals surface area contributed by atoms with Crippen molar-refractivity contribution in [3.63, 3.8) is 0 Å². The van der Waals surface area contributed by atoms with Gasteiger partial charge in [0, 0.05) is 11.0 Å². The van der Waals surface area contributed by atoms with E-state index in [2.05, 4.69) is 47.2 Å². The van der Waals surface area contributed by atoms with Gasteiger partial charge < -0.3 is 10.4 Å². The van der Waals surface area contributed by atoms with E-state index in [1.807, 2.05) is 20.8 Å². The summed E-state index contributed by atoms with van der Waals surface area (Å²) < 4.78 is 1.05. The van der Waals surface area contributed by atoms with Crippen molar-refractivity contribution in [3.05, 3.63) is 27.7 Å². The van der Waals surface area contributed by atoms with Crippen LogP contribution in [0.4, 0.5) is 5.69 Å². The van der Waals surface area contributed by atoms with Crippen LogP contribution in [-0.4, -0.2) is 17.8 Å². The number of aryl methyl sites for hydroxylation is 2. The lowest BCUT2D eigenvalue weighted by Crippen LogP contribution is -2.33. The van der Waals surface area contributed by atoms with Gasteiger partial charge in [-0.15, -0.1) is 0 Å². The van der Waals surface area contributed by atoms with E-state index in [0.717, 1.165) is 10.2 Å². The van der Waals surface area contributed by atoms with Crippen LogP contribution in [0.5, 0.6) is 0 Å². The summed E-state index contributed by atoms with van der Waals surface area (Å²) in [6, 6.07) is 4.22. The monoisotopic (exact) mass is 299 g/mol. The highest BCUT2D eigenvalue weighted by atomic mass is 79.9. The molecule has 0 bridgehead atoms. The second-order valence-corrected chi connectivity index (χ2v) is 6.56. The molecule has 0 radical (unpaired) electrons. The van der Waals surface area contributed by atoms with Gasteiger partial charge in [-0.1, -0.05) is 26.8 Å². The molecule has 0 aliphatic heterocycles. The molecule has 1 aromatic rings. The van der Waals surface area contributed by atoms with E-state index in [9.17, 15) is 5.11 Å². The second-order valence-electron chi connectivity index (χ2n) is 5.70. The normalized spacial score (nSPS) is 13.6. The van der Waals surface area contributed by atoms with E-state index in [4.69, 9.17) is 0 Å². The number of hydrogen-bond acceptors (Lipinski definition) is 2. The summed E-state index contributed by atoms with van der Waals surface area (Å²) in [7, 11) is 0. The molecule has 1 rings (SSSR count). The summed E-state index contributed by atoms with van der Waals surface area (Å²) in [5, 5.41) is 13.3. The van der Waals surface area contributed by atoms with Crippen molar-refractivity contribution >= 4 is 21.6 Å². The first kappa shape index (κ1) is 14.5. The van der Waals surface area contributed by atoms with Crippen molar-refractivity contribution in [1.29, 1.82) is 0 Å². The van der Waals surface area contributed by atoms with Crippen LogP contribution in [0.15, 0.2) is 16.6 Å². The zero-order valence-electron chi connectivity index (χ0n) is 11.3. The predicted molar refractivity (Wildman–Crippen MR) is 77.6 cm³/mol. The molecule has 0 fully saturated rings. The lowest BCUT2D eigenvalue weighted by Gasteiger charge is -2.27. The van der Waals surface area contributed by atoms with Gasteiger partial charge in [0.2, 0.25) is 0 Å². The molecular weight excluding hydrogens is 278 g/mol. The predicted octanol–water partition coefficient (Wildman–Crippen LogP) is 3.88. The number of anilines is 1. The van der Waals surface area contributed by atoms with Crippen LogP contribution in [0.1, 0.15) is 31.9 Å². The Morgan fingerprint density at radius 1 is 1.29 bits per heavy atom. The molecule has 0 amide bonds. The molecule has 17 heavy (non-hydrogen) atoms. The van der Waals surface area contributed by atoms with Gasteiger partial charge in [-0.3, -0.25) is 0 Å². The largest absolute Gasteiger partial charge is 0.391 e. The number of benzene rings is 1. The maximum absolute atomic E-state index is 10.0. The zero-order chi connectivity index (χ0) is 13.2. The molecule has 3 heteroatoms. The Morgan fingerprint density at radius 3 is 2.35 bits per heavy atom. The summed E-state index contributed by atoms with van der Waals surface area (Å²) in [4.78, 5) is 0. The van der Waals surface area contributed by atoms with Gasteiger partial charge in [0.15, 0.2) is 0 Å². The Labute approximate surface area is 113 Å². The molecule has 0 saturated heterocycles. The van der Waals surface area contributed by atoms with Gasteiger partial charge in [-0.25, -0.2) is 0 Å². The molecule has 2 nitrogen and oxygen atoms in total. The molecule has 1 unspecified atom stereocenters. The third kappa shape index (κ3) is 4.00. The van der Waals surface area contributed by atoms with Gasteiger partial charge in [-0.2, -0.15) is 0 Å². The van der Waals surface area contributed by atoms with Gasteiger partial charge in [-0.05, 0) is 52.4 Å². The number of hydrogen-bond donors (Lipinski definition) is 2. The minimum atomic E-state index is -0.366. The molecule has 0 heterocycles. The molecule has 0 aliphatic carbocycles. The minimum Gasteiger partial charge on any atom is -0.391 e. The Hall–Kier alpha value is -0.540. The fraction of sp³-hybridized carbons (Fsp3) is 0.571. The second kappa shape index (κ2) is 5.40. The smallest absolute Gasteiger partial charge is 0.0760 e. The molecule has 0 spiro atoms. The van der Waals surface area contributed by atoms with Crippen LogP contribution >= 0.6 is 15.9 Å². The lowest BCUT2D eigenvalue weighted by atomic mass is 9.89. The lowest BCUT2D eigenvalue weighted by molar-refractivity contribution is 0.0745. The van der Waals surface area contributed by atoms with Gasteiger partial charge in [0.25, 0.3) is 0 Å². The molecular formula is C14H22BrNO. The number of halogens is 1. The Morgan fingerprint density at radius 2 is 1.88 bits per heavy atom. The number of nitrogens with one attached hydrogen (secondary N) is 1. The zero-order valence-corrected chi connectivity index (χ0v) is 12.9. The van der Waals surface area contributed by atoms with E-state index < -0.39 is 0 Å². The summed E-state index contributed by atoms with van der Waals surface area (Å²) in [5.74, 6) is 0. The van der Waals surface area contributed by atoms with Gasteiger partial charge in [0.1, 0.15) is 0 Å². The first-order chi connectivity index (χ1) is 7.71. The van der Waals surface area contributed by atoms with Crippen LogP contribution in [0.2, 0.25) is 0 Å². The first-order valence-electron chi connectivity index (χ1n) is 5.90. The molecule has 96 valence electrons. The van der Waals surface area contributed by atoms with Gasteiger partial charge >= 0.3 is 0 Å². The highest BCUT2D eigenvalue weighted by Crippen LogP contribution is 2.28. The molecule has 2 N–H and O–H groups in total. The molecule has 0 saturated carbocycles. The van der Waals surface area contributed by atoms with E-state index in [0.29, 0.717) is 6.54 Å². The van der Waals surface area contributed by atoms with Crippen LogP contribution < -0.4 is 5.32 Å². The number of aliphatic hydroxyl groups excluding tert-OH is 1. The first-order valence-corrected chi connectivity index (χ1v) is 6.70. The third-order valence-corrected chi connectivity index (χ3v) is 3.53. The summed E-state index contributed by atoms with van der Waals surface area (Å²) in [6.45, 7) is 10.8. The fourth-order valence-corrected chi connectivity index (χ4v) is 2.46. The van der Waals surface area contributed by atoms with Crippen molar-refractivity contribution in [2.24, 2.45) is 5.41 Å². The average Bonchev–Trinajstić information content (AvgIpc) is 2.13. The van der Waals surface area contributed by atoms with Crippen LogP contribution in [0.3, 0.4) is 0 Å². The number of aliphatic hydroxyl groups is 1. The van der Waals surface area contributed by atoms with E-state index in [1.54, 1.807) is 0 Å². The van der Waals surface area contributed by atoms with Crippen molar-refractivity contribution in [2.45, 2.75) is 40.7 Å². The van der Waals surface area contributed by atoms with E-state index >= 15 is 0 Å². The van der Waals surface area contributed by atoms with E-state index in [1.165, 1.54) is 11.1 Å². The van der Waals surface area contributed by atoms with Crippen molar-refractivity contribution in [3.8, 4) is 0 Å². The third-order valence-electron chi connectivity index (χ3n) is 2.90. The summed E-state index contributed by atoms with van der Waals surface area (Å²) >= 11 is 3.55. The quantitative estimate of drug-likeness (QED) is 0.887. The maximum atomic E-state index is 10.0. The molecule has 1 aromatic carbocycles. The standard InChI is InChI=1S/C14H22BrNO/c1-9-6-10(2)13(11(15)7-9)16-8-12(17)14(3,4)5/h6-7,12,16-17H,8H2,1-5H3. The fourth-order valence-electron chi connectivity index (χ4n) is 1.64. The van der Waals surface area contributed by atoms with Crippen LogP contribution in [-0.2, 0) is 0 Å². The van der Waals surface area contributed by atoms with Gasteiger partial charge in [0.05, 0.1) is 11.8 Å². The van der Waals surface area contributed by atoms with Crippen molar-refractivity contribution < 1.29 is 5.11 Å². The Kier molecular flexibility index (Phi) is 4.62.